The summed E-state index contributed by atoms with van der Waals surface area (Å²) < 4.78 is 51.8. The van der Waals surface area contributed by atoms with Gasteiger partial charge in [-0.1, -0.05) is 57.9 Å². The number of aromatic carboxylic acids is 1. The first-order valence-corrected chi connectivity index (χ1v) is 12.0. The summed E-state index contributed by atoms with van der Waals surface area (Å²) in [5, 5.41) is 8.32. The molecule has 0 bridgehead atoms. The van der Waals surface area contributed by atoms with E-state index >= 15 is 0 Å². The van der Waals surface area contributed by atoms with Gasteiger partial charge in [0.1, 0.15) is 5.69 Å². The Morgan fingerprint density at radius 1 is 0.973 bits per heavy atom. The quantitative estimate of drug-likeness (QED) is 0.127. The summed E-state index contributed by atoms with van der Waals surface area (Å²) in [5.41, 5.74) is -0.273. The molecule has 0 fully saturated rings. The van der Waals surface area contributed by atoms with Crippen molar-refractivity contribution in [2.75, 3.05) is 0 Å². The van der Waals surface area contributed by atoms with Crippen molar-refractivity contribution in [2.45, 2.75) is 70.9 Å². The molecule has 3 aromatic rings. The molecule has 0 saturated heterocycles. The van der Waals surface area contributed by atoms with Gasteiger partial charge in [0, 0.05) is 50.1 Å². The van der Waals surface area contributed by atoms with Gasteiger partial charge < -0.3 is 5.11 Å². The minimum absolute atomic E-state index is 0. The van der Waals surface area contributed by atoms with Crippen molar-refractivity contribution in [3.05, 3.63) is 77.6 Å². The Bertz CT molecular complexity index is 1070. The van der Waals surface area contributed by atoms with Gasteiger partial charge in [-0.05, 0) is 30.5 Å². The maximum absolute atomic E-state index is 13.3. The fourth-order valence-corrected chi connectivity index (χ4v) is 3.40. The largest absolute Gasteiger partial charge is 0.477 e. The normalized spacial score (nSPS) is 10.7. The molecule has 0 amide bonds. The molecule has 2 heterocycles. The van der Waals surface area contributed by atoms with Crippen molar-refractivity contribution >= 4 is 5.97 Å². The molecular formula is C27H30F4IrN3O2-. The minimum atomic E-state index is -4.76. The zero-order valence-corrected chi connectivity index (χ0v) is 22.9. The maximum Gasteiger partial charge on any atom is 0.402 e. The van der Waals surface area contributed by atoms with Crippen molar-refractivity contribution in [3.8, 4) is 11.4 Å². The van der Waals surface area contributed by atoms with Gasteiger partial charge in [0.05, 0.1) is 5.82 Å². The molecule has 0 saturated carbocycles. The van der Waals surface area contributed by atoms with E-state index in [1.165, 1.54) is 50.8 Å². The van der Waals surface area contributed by atoms with Crippen LogP contribution in [0.1, 0.15) is 79.9 Å². The minimum Gasteiger partial charge on any atom is -0.477 e. The number of carboxylic acid groups (broad SMARTS) is 1. The Hall–Kier alpha value is -2.71. The van der Waals surface area contributed by atoms with Gasteiger partial charge in [-0.2, -0.15) is 13.2 Å². The van der Waals surface area contributed by atoms with Crippen LogP contribution < -0.4 is 0 Å². The number of carbonyl (C=O) groups is 1. The Morgan fingerprint density at radius 2 is 1.59 bits per heavy atom. The Kier molecular flexibility index (Phi) is 14.8. The van der Waals surface area contributed by atoms with E-state index in [1.54, 1.807) is 24.5 Å². The average molecular weight is 697 g/mol. The molecule has 0 spiro atoms. The number of hydrogen-bond donors (Lipinski definition) is 1. The van der Waals surface area contributed by atoms with Crippen LogP contribution in [0.4, 0.5) is 17.6 Å². The molecule has 0 unspecified atom stereocenters. The molecular weight excluding hydrogens is 667 g/mol. The molecule has 37 heavy (non-hydrogen) atoms. The van der Waals surface area contributed by atoms with Crippen molar-refractivity contribution in [1.82, 2.24) is 15.0 Å². The Labute approximate surface area is 228 Å². The number of carboxylic acids is 1. The van der Waals surface area contributed by atoms with Crippen LogP contribution >= 0.6 is 0 Å². The number of halogens is 4. The van der Waals surface area contributed by atoms with E-state index in [0.717, 1.165) is 24.8 Å². The summed E-state index contributed by atoms with van der Waals surface area (Å²) in [7, 11) is 0. The number of pyridine rings is 1. The fourth-order valence-electron chi connectivity index (χ4n) is 3.40. The van der Waals surface area contributed by atoms with Gasteiger partial charge in [-0.25, -0.2) is 9.78 Å². The summed E-state index contributed by atoms with van der Waals surface area (Å²) >= 11 is 0. The monoisotopic (exact) mass is 697 g/mol. The van der Waals surface area contributed by atoms with E-state index in [9.17, 15) is 22.4 Å². The van der Waals surface area contributed by atoms with Crippen molar-refractivity contribution < 1.29 is 47.6 Å². The molecule has 3 rings (SSSR count). The molecule has 0 aliphatic heterocycles. The second kappa shape index (κ2) is 16.9. The number of benzene rings is 1. The summed E-state index contributed by atoms with van der Waals surface area (Å²) in [6.07, 6.45) is 10.6. The molecule has 203 valence electrons. The SMILES string of the molecule is CCCCCCCCCCc1cnc(-c2[c-]cc(F)c(C(F)(F)F)c2)nc1.O=C(O)c1ccccn1.[Ir]. The zero-order chi connectivity index (χ0) is 26.4. The average Bonchev–Trinajstić information content (AvgIpc) is 2.86. The molecule has 0 aliphatic rings. The van der Waals surface area contributed by atoms with Crippen molar-refractivity contribution in [3.63, 3.8) is 0 Å². The van der Waals surface area contributed by atoms with Crippen LogP contribution in [0.3, 0.4) is 0 Å². The van der Waals surface area contributed by atoms with E-state index in [1.807, 2.05) is 0 Å². The smallest absolute Gasteiger partial charge is 0.402 e. The predicted octanol–water partition coefficient (Wildman–Crippen LogP) is 7.56. The zero-order valence-electron chi connectivity index (χ0n) is 20.5. The first-order valence-electron chi connectivity index (χ1n) is 12.0. The third-order valence-corrected chi connectivity index (χ3v) is 5.36. The third-order valence-electron chi connectivity index (χ3n) is 5.36. The van der Waals surface area contributed by atoms with Gasteiger partial charge in [0.15, 0.2) is 0 Å². The van der Waals surface area contributed by atoms with Gasteiger partial charge in [-0.3, -0.25) is 14.4 Å². The van der Waals surface area contributed by atoms with Crippen LogP contribution in [0.2, 0.25) is 0 Å². The van der Waals surface area contributed by atoms with Crippen LogP contribution in [0.15, 0.2) is 48.9 Å². The maximum atomic E-state index is 13.3. The summed E-state index contributed by atoms with van der Waals surface area (Å²) in [6.45, 7) is 2.21. The molecule has 1 N–H and O–H groups in total. The van der Waals surface area contributed by atoms with Gasteiger partial charge in [0.2, 0.25) is 0 Å². The number of aromatic nitrogens is 3. The van der Waals surface area contributed by atoms with Crippen LogP contribution in [-0.2, 0) is 32.7 Å². The molecule has 0 atom stereocenters. The number of alkyl halides is 3. The van der Waals surface area contributed by atoms with Crippen LogP contribution in [0.5, 0.6) is 0 Å². The standard InChI is InChI=1S/C21H25F4N2.C6H5NO2.Ir/c1-2-3-4-5-6-7-8-9-10-16-14-26-20(27-15-16)17-11-12-19(22)18(13-17)21(23,24)25;8-6(9)5-3-1-2-4-7-5;/h12-15H,2-10H2,1H3;1-4H,(H,8,9);/q-1;;. The number of nitrogens with zero attached hydrogens (tertiary/aromatic N) is 3. The van der Waals surface area contributed by atoms with E-state index < -0.39 is 23.5 Å². The Balaban J connectivity index is 0.000000577. The first-order chi connectivity index (χ1) is 17.2. The number of hydrogen-bond acceptors (Lipinski definition) is 4. The van der Waals surface area contributed by atoms with Crippen LogP contribution in [0.25, 0.3) is 11.4 Å². The second-order valence-electron chi connectivity index (χ2n) is 8.27. The molecule has 10 heteroatoms. The number of rotatable bonds is 11. The van der Waals surface area contributed by atoms with Crippen LogP contribution in [0, 0.1) is 11.9 Å². The summed E-state index contributed by atoms with van der Waals surface area (Å²) in [5.74, 6) is -2.23. The first kappa shape index (κ1) is 32.3. The van der Waals surface area contributed by atoms with E-state index in [4.69, 9.17) is 5.11 Å². The van der Waals surface area contributed by atoms with Gasteiger partial charge in [-0.15, -0.1) is 23.8 Å². The van der Waals surface area contributed by atoms with Gasteiger partial charge >= 0.3 is 12.1 Å². The molecule has 1 aromatic carbocycles. The number of unbranched alkanes of at least 4 members (excludes halogenated alkanes) is 7. The van der Waals surface area contributed by atoms with Crippen LogP contribution in [-0.4, -0.2) is 26.0 Å². The van der Waals surface area contributed by atoms with E-state index in [-0.39, 0.29) is 37.2 Å². The van der Waals surface area contributed by atoms with E-state index in [0.29, 0.717) is 12.1 Å². The predicted molar refractivity (Wildman–Crippen MR) is 129 cm³/mol. The van der Waals surface area contributed by atoms with Gasteiger partial charge in [0.25, 0.3) is 0 Å². The second-order valence-corrected chi connectivity index (χ2v) is 8.27. The fraction of sp³-hybridized carbons (Fsp3) is 0.407. The molecule has 2 aromatic heterocycles. The van der Waals surface area contributed by atoms with E-state index in [2.05, 4.69) is 27.9 Å². The third kappa shape index (κ3) is 11.9. The molecule has 0 aliphatic carbocycles. The molecule has 1 radical (unpaired) electrons. The Morgan fingerprint density at radius 3 is 2.11 bits per heavy atom. The number of aryl methyl sites for hydroxylation is 1. The summed E-state index contributed by atoms with van der Waals surface area (Å²) in [6, 6.07) is 8.59. The molecule has 5 nitrogen and oxygen atoms in total. The van der Waals surface area contributed by atoms with Crippen molar-refractivity contribution in [1.29, 1.82) is 0 Å². The topological polar surface area (TPSA) is 76.0 Å². The summed E-state index contributed by atoms with van der Waals surface area (Å²) in [4.78, 5) is 22.0. The van der Waals surface area contributed by atoms with Crippen molar-refractivity contribution in [2.24, 2.45) is 0 Å².